The average molecular weight is 875 g/mol. The molecule has 0 aromatic rings. The number of carbonyl (C=O) groups excluding carboxylic acids is 3. The molecule has 0 heterocycles. The van der Waals surface area contributed by atoms with E-state index in [1.54, 1.807) is 0 Å². The van der Waals surface area contributed by atoms with E-state index in [9.17, 15) is 14.4 Å². The summed E-state index contributed by atoms with van der Waals surface area (Å²) in [7, 11) is 0. The van der Waals surface area contributed by atoms with Gasteiger partial charge in [-0.15, -0.1) is 0 Å². The fourth-order valence-corrected chi connectivity index (χ4v) is 6.80. The standard InChI is InChI=1S/C57H94O6/c1-4-7-10-13-16-19-22-24-26-28-29-31-32-35-38-41-44-47-50-56(59)62-53-54(52-61-55(58)49-46-43-40-37-34-21-18-15-12-9-6-3)63-57(60)51-48-45-42-39-36-33-30-27-25-23-20-17-14-11-8-5-2/h8,11,16-17,19-20,22,24-29,31,33,36,54H,4-7,9-10,12-15,18,21,23,30,32,34-35,37-53H2,1-3H3/b11-8-,19-16-,20-17-,24-22-,27-25-,28-26-,31-29-,36-33-. The molecule has 6 heteroatoms. The second kappa shape index (κ2) is 51.0. The lowest BCUT2D eigenvalue weighted by Gasteiger charge is -2.18. The molecule has 0 radical (unpaired) electrons. The number of carbonyl (C=O) groups is 3. The fraction of sp³-hybridized carbons (Fsp3) is 0.667. The molecule has 358 valence electrons. The van der Waals surface area contributed by atoms with Crippen molar-refractivity contribution < 1.29 is 28.6 Å². The highest BCUT2D eigenvalue weighted by Gasteiger charge is 2.19. The molecule has 0 saturated heterocycles. The summed E-state index contributed by atoms with van der Waals surface area (Å²) in [6, 6.07) is 0. The van der Waals surface area contributed by atoms with Crippen LogP contribution in [0.3, 0.4) is 0 Å². The summed E-state index contributed by atoms with van der Waals surface area (Å²) in [5.74, 6) is -0.957. The van der Waals surface area contributed by atoms with Crippen molar-refractivity contribution in [3.63, 3.8) is 0 Å². The molecule has 0 aliphatic carbocycles. The van der Waals surface area contributed by atoms with Gasteiger partial charge in [0, 0.05) is 19.3 Å². The molecule has 63 heavy (non-hydrogen) atoms. The van der Waals surface area contributed by atoms with Gasteiger partial charge >= 0.3 is 17.9 Å². The average Bonchev–Trinajstić information content (AvgIpc) is 3.28. The van der Waals surface area contributed by atoms with Crippen LogP contribution in [0.1, 0.15) is 226 Å². The van der Waals surface area contributed by atoms with Crippen molar-refractivity contribution in [1.29, 1.82) is 0 Å². The van der Waals surface area contributed by atoms with Crippen molar-refractivity contribution in [2.75, 3.05) is 13.2 Å². The predicted molar refractivity (Wildman–Crippen MR) is 270 cm³/mol. The molecule has 0 aromatic heterocycles. The van der Waals surface area contributed by atoms with Crippen LogP contribution in [0.2, 0.25) is 0 Å². The van der Waals surface area contributed by atoms with Crippen LogP contribution in [0.25, 0.3) is 0 Å². The van der Waals surface area contributed by atoms with Crippen LogP contribution in [0.5, 0.6) is 0 Å². The molecule has 1 unspecified atom stereocenters. The van der Waals surface area contributed by atoms with Crippen molar-refractivity contribution in [2.24, 2.45) is 0 Å². The van der Waals surface area contributed by atoms with E-state index in [1.807, 2.05) is 0 Å². The van der Waals surface area contributed by atoms with Crippen molar-refractivity contribution in [1.82, 2.24) is 0 Å². The van der Waals surface area contributed by atoms with Crippen LogP contribution >= 0.6 is 0 Å². The largest absolute Gasteiger partial charge is 0.462 e. The predicted octanol–water partition coefficient (Wildman–Crippen LogP) is 17.0. The third-order valence-corrected chi connectivity index (χ3v) is 10.7. The molecule has 0 aliphatic rings. The van der Waals surface area contributed by atoms with Crippen LogP contribution in [0.15, 0.2) is 97.2 Å². The van der Waals surface area contributed by atoms with Gasteiger partial charge in [-0.25, -0.2) is 0 Å². The van der Waals surface area contributed by atoms with Crippen molar-refractivity contribution in [3.05, 3.63) is 97.2 Å². The Labute approximate surface area is 387 Å². The van der Waals surface area contributed by atoms with E-state index < -0.39 is 6.10 Å². The minimum atomic E-state index is -0.803. The Hall–Kier alpha value is -3.67. The lowest BCUT2D eigenvalue weighted by Crippen LogP contribution is -2.30. The zero-order chi connectivity index (χ0) is 45.8. The molecule has 0 aromatic carbocycles. The van der Waals surface area contributed by atoms with Crippen LogP contribution in [-0.4, -0.2) is 37.2 Å². The summed E-state index contributed by atoms with van der Waals surface area (Å²) < 4.78 is 16.7. The Morgan fingerprint density at radius 2 is 0.683 bits per heavy atom. The van der Waals surface area contributed by atoms with E-state index in [-0.39, 0.29) is 37.5 Å². The van der Waals surface area contributed by atoms with E-state index in [0.29, 0.717) is 12.8 Å². The Morgan fingerprint density at radius 3 is 1.16 bits per heavy atom. The fourth-order valence-electron chi connectivity index (χ4n) is 6.80. The first kappa shape index (κ1) is 59.3. The maximum absolute atomic E-state index is 12.8. The summed E-state index contributed by atoms with van der Waals surface area (Å²) in [4.78, 5) is 37.9. The van der Waals surface area contributed by atoms with Crippen LogP contribution < -0.4 is 0 Å². The van der Waals surface area contributed by atoms with Gasteiger partial charge in [-0.3, -0.25) is 14.4 Å². The Morgan fingerprint density at radius 1 is 0.349 bits per heavy atom. The van der Waals surface area contributed by atoms with Crippen LogP contribution in [-0.2, 0) is 28.6 Å². The summed E-state index contributed by atoms with van der Waals surface area (Å²) >= 11 is 0. The first-order chi connectivity index (χ1) is 31.0. The molecule has 0 amide bonds. The molecule has 0 spiro atoms. The summed E-state index contributed by atoms with van der Waals surface area (Å²) in [6.45, 7) is 6.42. The van der Waals surface area contributed by atoms with Gasteiger partial charge in [-0.05, 0) is 83.5 Å². The van der Waals surface area contributed by atoms with Crippen molar-refractivity contribution >= 4 is 17.9 Å². The van der Waals surface area contributed by atoms with Crippen LogP contribution in [0.4, 0.5) is 0 Å². The highest BCUT2D eigenvalue weighted by molar-refractivity contribution is 5.71. The van der Waals surface area contributed by atoms with Crippen molar-refractivity contribution in [3.8, 4) is 0 Å². The zero-order valence-corrected chi connectivity index (χ0v) is 40.8. The third kappa shape index (κ3) is 49.2. The monoisotopic (exact) mass is 875 g/mol. The van der Waals surface area contributed by atoms with E-state index in [1.165, 1.54) is 70.6 Å². The second-order valence-electron chi connectivity index (χ2n) is 16.8. The minimum Gasteiger partial charge on any atom is -0.462 e. The molecule has 0 bridgehead atoms. The van der Waals surface area contributed by atoms with E-state index in [4.69, 9.17) is 14.2 Å². The quantitative estimate of drug-likeness (QED) is 0.0199. The Kier molecular flexibility index (Phi) is 48.0. The van der Waals surface area contributed by atoms with Gasteiger partial charge in [0.05, 0.1) is 0 Å². The lowest BCUT2D eigenvalue weighted by atomic mass is 10.1. The first-order valence-electron chi connectivity index (χ1n) is 25.8. The number of hydrogen-bond donors (Lipinski definition) is 0. The molecule has 6 nitrogen and oxygen atoms in total. The smallest absolute Gasteiger partial charge is 0.306 e. The number of rotatable bonds is 45. The number of esters is 3. The molecule has 1 atom stereocenters. The maximum Gasteiger partial charge on any atom is 0.306 e. The van der Waals surface area contributed by atoms with Crippen LogP contribution in [0, 0.1) is 0 Å². The summed E-state index contributed by atoms with van der Waals surface area (Å²) in [6.07, 6.45) is 66.7. The molecule has 0 rings (SSSR count). The highest BCUT2D eigenvalue weighted by atomic mass is 16.6. The molecule has 0 aliphatic heterocycles. The maximum atomic E-state index is 12.8. The number of allylic oxidation sites excluding steroid dienone is 16. The summed E-state index contributed by atoms with van der Waals surface area (Å²) in [5, 5.41) is 0. The number of unbranched alkanes of at least 4 members (excludes halogenated alkanes) is 21. The van der Waals surface area contributed by atoms with Gasteiger partial charge in [-0.2, -0.15) is 0 Å². The molecule has 0 saturated carbocycles. The van der Waals surface area contributed by atoms with Gasteiger partial charge in [0.2, 0.25) is 0 Å². The number of hydrogen-bond acceptors (Lipinski definition) is 6. The minimum absolute atomic E-state index is 0.0980. The van der Waals surface area contributed by atoms with E-state index in [2.05, 4.69) is 118 Å². The normalized spacial score (nSPS) is 12.9. The SMILES string of the molecule is CC/C=C\C/C=C\C/C=C\C/C=C\CCCCCC(=O)OC(COC(=O)CCCCCCC\C=C/C=C\C=C/C=C\CCCCC)COC(=O)CCCCCCCCCCCCC. The van der Waals surface area contributed by atoms with Crippen molar-refractivity contribution in [2.45, 2.75) is 232 Å². The summed E-state index contributed by atoms with van der Waals surface area (Å²) in [5.41, 5.74) is 0. The lowest BCUT2D eigenvalue weighted by molar-refractivity contribution is -0.167. The second-order valence-corrected chi connectivity index (χ2v) is 16.8. The Balaban J connectivity index is 4.49. The molecular weight excluding hydrogens is 781 g/mol. The number of ether oxygens (including phenoxy) is 3. The van der Waals surface area contributed by atoms with Gasteiger partial charge < -0.3 is 14.2 Å². The van der Waals surface area contributed by atoms with Gasteiger partial charge in [0.15, 0.2) is 6.10 Å². The first-order valence-corrected chi connectivity index (χ1v) is 25.8. The van der Waals surface area contributed by atoms with Gasteiger partial charge in [-0.1, -0.05) is 221 Å². The molecule has 0 fully saturated rings. The third-order valence-electron chi connectivity index (χ3n) is 10.7. The van der Waals surface area contributed by atoms with Gasteiger partial charge in [0.1, 0.15) is 13.2 Å². The van der Waals surface area contributed by atoms with Gasteiger partial charge in [0.25, 0.3) is 0 Å². The van der Waals surface area contributed by atoms with E-state index in [0.717, 1.165) is 116 Å². The Bertz CT molecular complexity index is 1280. The molecule has 0 N–H and O–H groups in total. The molecular formula is C57H94O6. The van der Waals surface area contributed by atoms with E-state index >= 15 is 0 Å². The topological polar surface area (TPSA) is 78.9 Å². The zero-order valence-electron chi connectivity index (χ0n) is 40.8. The highest BCUT2D eigenvalue weighted by Crippen LogP contribution is 2.14.